The van der Waals surface area contributed by atoms with Gasteiger partial charge in [-0.05, 0) is 12.5 Å². The first-order chi connectivity index (χ1) is 9.24. The van der Waals surface area contributed by atoms with Crippen LogP contribution in [0.2, 0.25) is 0 Å². The quantitative estimate of drug-likeness (QED) is 0.818. The van der Waals surface area contributed by atoms with Crippen molar-refractivity contribution in [3.05, 3.63) is 36.0 Å². The van der Waals surface area contributed by atoms with E-state index in [0.717, 1.165) is 11.1 Å². The maximum absolute atomic E-state index is 11.4. The molecule has 2 N–H and O–H groups in total. The summed E-state index contributed by atoms with van der Waals surface area (Å²) in [5.74, 6) is 1.33. The molecule has 0 atom stereocenters. The van der Waals surface area contributed by atoms with E-state index in [2.05, 4.69) is 20.6 Å². The van der Waals surface area contributed by atoms with Gasteiger partial charge in [0.25, 0.3) is 0 Å². The fourth-order valence-electron chi connectivity index (χ4n) is 2.07. The smallest absolute Gasteiger partial charge is 0.226 e. The third-order valence-corrected chi connectivity index (χ3v) is 3.09. The zero-order valence-corrected chi connectivity index (χ0v) is 10.6. The molecule has 1 amide bonds. The van der Waals surface area contributed by atoms with Crippen LogP contribution in [0.1, 0.15) is 12.0 Å². The van der Waals surface area contributed by atoms with Gasteiger partial charge in [0.1, 0.15) is 5.69 Å². The largest absolute Gasteiger partial charge is 0.368 e. The number of carbonyl (C=O) groups excluding carboxylic acids is 1. The fourth-order valence-corrected chi connectivity index (χ4v) is 2.07. The predicted molar refractivity (Wildman–Crippen MR) is 73.9 cm³/mol. The summed E-state index contributed by atoms with van der Waals surface area (Å²) in [5.41, 5.74) is 2.77. The molecule has 0 fully saturated rings. The van der Waals surface area contributed by atoms with Gasteiger partial charge in [0.2, 0.25) is 5.91 Å². The van der Waals surface area contributed by atoms with E-state index in [-0.39, 0.29) is 5.91 Å². The van der Waals surface area contributed by atoms with E-state index >= 15 is 0 Å². The number of hydrogen-bond acceptors (Lipinski definition) is 4. The summed E-state index contributed by atoms with van der Waals surface area (Å²) in [6.07, 6.45) is 2.09. The molecular weight excluding hydrogens is 240 g/mol. The van der Waals surface area contributed by atoms with E-state index in [1.165, 1.54) is 0 Å². The second kappa shape index (κ2) is 4.68. The number of aryl methyl sites for hydroxylation is 1. The minimum absolute atomic E-state index is 0.0153. The lowest BCUT2D eigenvalue weighted by Crippen LogP contribution is -2.10. The normalized spacial score (nSPS) is 14.1. The van der Waals surface area contributed by atoms with Crippen LogP contribution in [0.5, 0.6) is 0 Å². The number of anilines is 2. The van der Waals surface area contributed by atoms with Gasteiger partial charge < -0.3 is 10.6 Å². The Balaban J connectivity index is 2.04. The zero-order valence-electron chi connectivity index (χ0n) is 10.6. The van der Waals surface area contributed by atoms with Crippen LogP contribution < -0.4 is 10.6 Å². The number of nitrogens with zero attached hydrogens (tertiary/aromatic N) is 2. The van der Waals surface area contributed by atoms with E-state index in [0.29, 0.717) is 30.3 Å². The number of amides is 1. The van der Waals surface area contributed by atoms with Crippen LogP contribution in [0.15, 0.2) is 30.5 Å². The van der Waals surface area contributed by atoms with Gasteiger partial charge in [-0.3, -0.25) is 4.79 Å². The summed E-state index contributed by atoms with van der Waals surface area (Å²) < 4.78 is 0. The van der Waals surface area contributed by atoms with Crippen molar-refractivity contribution in [2.75, 3.05) is 17.2 Å². The number of nitrogens with one attached hydrogen (secondary N) is 2. The molecule has 96 valence electrons. The Hall–Kier alpha value is -2.43. The zero-order chi connectivity index (χ0) is 13.2. The second-order valence-electron chi connectivity index (χ2n) is 4.50. The minimum Gasteiger partial charge on any atom is -0.368 e. The number of rotatable bonds is 1. The van der Waals surface area contributed by atoms with E-state index < -0.39 is 0 Å². The van der Waals surface area contributed by atoms with Gasteiger partial charge in [-0.2, -0.15) is 0 Å². The molecule has 5 nitrogen and oxygen atoms in total. The molecule has 0 unspecified atom stereocenters. The van der Waals surface area contributed by atoms with Gasteiger partial charge in [-0.1, -0.05) is 24.3 Å². The number of carbonyl (C=O) groups is 1. The average molecular weight is 254 g/mol. The Labute approximate surface area is 111 Å². The van der Waals surface area contributed by atoms with Crippen molar-refractivity contribution < 1.29 is 4.79 Å². The van der Waals surface area contributed by atoms with Crippen molar-refractivity contribution in [1.29, 1.82) is 0 Å². The van der Waals surface area contributed by atoms with Gasteiger partial charge >= 0.3 is 0 Å². The van der Waals surface area contributed by atoms with Crippen LogP contribution in [0.4, 0.5) is 11.5 Å². The molecule has 0 bridgehead atoms. The minimum atomic E-state index is -0.0153. The van der Waals surface area contributed by atoms with Crippen molar-refractivity contribution in [3.63, 3.8) is 0 Å². The lowest BCUT2D eigenvalue weighted by atomic mass is 10.1. The Morgan fingerprint density at radius 1 is 1.26 bits per heavy atom. The summed E-state index contributed by atoms with van der Waals surface area (Å²) in [7, 11) is 0. The fraction of sp³-hybridized carbons (Fsp3) is 0.214. The summed E-state index contributed by atoms with van der Waals surface area (Å²) in [6.45, 7) is 2.61. The summed E-state index contributed by atoms with van der Waals surface area (Å²) >= 11 is 0. The molecule has 5 heteroatoms. The molecule has 3 rings (SSSR count). The van der Waals surface area contributed by atoms with Gasteiger partial charge in [-0.15, -0.1) is 0 Å². The van der Waals surface area contributed by atoms with Crippen LogP contribution in [0.3, 0.4) is 0 Å². The van der Waals surface area contributed by atoms with Crippen molar-refractivity contribution in [2.45, 2.75) is 13.3 Å². The number of benzene rings is 1. The molecule has 0 radical (unpaired) electrons. The molecular formula is C14H14N4O. The van der Waals surface area contributed by atoms with Gasteiger partial charge in [0, 0.05) is 18.5 Å². The van der Waals surface area contributed by atoms with Crippen LogP contribution in [-0.2, 0) is 4.79 Å². The average Bonchev–Trinajstić information content (AvgIpc) is 2.59. The molecule has 2 aromatic rings. The van der Waals surface area contributed by atoms with Gasteiger partial charge in [0.05, 0.1) is 6.20 Å². The third-order valence-electron chi connectivity index (χ3n) is 3.09. The molecule has 0 saturated heterocycles. The van der Waals surface area contributed by atoms with Gasteiger partial charge in [0.15, 0.2) is 11.6 Å². The van der Waals surface area contributed by atoms with Crippen LogP contribution in [0.25, 0.3) is 11.4 Å². The molecule has 2 heterocycles. The SMILES string of the molecule is Cc1ccccc1-c1ncc2c(n1)NCCC(=O)N2. The van der Waals surface area contributed by atoms with Crippen LogP contribution in [0, 0.1) is 6.92 Å². The number of hydrogen-bond donors (Lipinski definition) is 2. The highest BCUT2D eigenvalue weighted by molar-refractivity contribution is 5.95. The molecule has 1 aliphatic rings. The summed E-state index contributed by atoms with van der Waals surface area (Å²) in [5, 5.41) is 5.94. The molecule has 1 aromatic heterocycles. The second-order valence-corrected chi connectivity index (χ2v) is 4.50. The van der Waals surface area contributed by atoms with Crippen LogP contribution >= 0.6 is 0 Å². The first kappa shape index (κ1) is 11.6. The maximum Gasteiger partial charge on any atom is 0.226 e. The molecule has 19 heavy (non-hydrogen) atoms. The highest BCUT2D eigenvalue weighted by Gasteiger charge is 2.15. The van der Waals surface area contributed by atoms with E-state index in [9.17, 15) is 4.79 Å². The van der Waals surface area contributed by atoms with Crippen molar-refractivity contribution in [3.8, 4) is 11.4 Å². The highest BCUT2D eigenvalue weighted by Crippen LogP contribution is 2.26. The van der Waals surface area contributed by atoms with E-state index in [1.807, 2.05) is 31.2 Å². The Morgan fingerprint density at radius 3 is 2.95 bits per heavy atom. The monoisotopic (exact) mass is 254 g/mol. The van der Waals surface area contributed by atoms with Crippen molar-refractivity contribution >= 4 is 17.4 Å². The van der Waals surface area contributed by atoms with Gasteiger partial charge in [-0.25, -0.2) is 9.97 Å². The third kappa shape index (κ3) is 2.27. The molecule has 1 aliphatic heterocycles. The maximum atomic E-state index is 11.4. The topological polar surface area (TPSA) is 66.9 Å². The Morgan fingerprint density at radius 2 is 2.11 bits per heavy atom. The first-order valence-corrected chi connectivity index (χ1v) is 6.21. The lowest BCUT2D eigenvalue weighted by molar-refractivity contribution is -0.115. The number of fused-ring (bicyclic) bond motifs is 1. The van der Waals surface area contributed by atoms with E-state index in [1.54, 1.807) is 6.20 Å². The summed E-state index contributed by atoms with van der Waals surface area (Å²) in [4.78, 5) is 20.3. The van der Waals surface area contributed by atoms with E-state index in [4.69, 9.17) is 0 Å². The molecule has 0 saturated carbocycles. The number of aromatic nitrogens is 2. The summed E-state index contributed by atoms with van der Waals surface area (Å²) in [6, 6.07) is 7.97. The Bertz CT molecular complexity index is 639. The first-order valence-electron chi connectivity index (χ1n) is 6.21. The molecule has 0 aliphatic carbocycles. The van der Waals surface area contributed by atoms with Crippen molar-refractivity contribution in [2.24, 2.45) is 0 Å². The highest BCUT2D eigenvalue weighted by atomic mass is 16.1. The Kier molecular flexibility index (Phi) is 2.87. The standard InChI is InChI=1S/C14H14N4O/c1-9-4-2-3-5-10(9)13-16-8-11-14(18-13)15-7-6-12(19)17-11/h2-5,8H,6-7H2,1H3,(H,17,19)(H,15,16,18). The molecule has 0 spiro atoms. The predicted octanol–water partition coefficient (Wildman–Crippen LogP) is 2.21. The van der Waals surface area contributed by atoms with Crippen LogP contribution in [-0.4, -0.2) is 22.4 Å². The van der Waals surface area contributed by atoms with Crippen molar-refractivity contribution in [1.82, 2.24) is 9.97 Å². The molecule has 1 aromatic carbocycles. The lowest BCUT2D eigenvalue weighted by Gasteiger charge is -2.09.